The predicted octanol–water partition coefficient (Wildman–Crippen LogP) is 4.80. The van der Waals surface area contributed by atoms with Gasteiger partial charge >= 0.3 is 6.09 Å². The van der Waals surface area contributed by atoms with Crippen molar-refractivity contribution in [1.82, 2.24) is 10.0 Å². The number of hydrogen-bond acceptors (Lipinski definition) is 6. The van der Waals surface area contributed by atoms with E-state index in [4.69, 9.17) is 9.16 Å². The van der Waals surface area contributed by atoms with Crippen LogP contribution in [0.3, 0.4) is 0 Å². The second-order valence-electron chi connectivity index (χ2n) is 12.7. The van der Waals surface area contributed by atoms with Gasteiger partial charge in [0, 0.05) is 0 Å². The largest absolute Gasteiger partial charge is 0.497 e. The number of rotatable bonds is 15. The van der Waals surface area contributed by atoms with Crippen LogP contribution in [0.1, 0.15) is 53.0 Å². The fourth-order valence-electron chi connectivity index (χ4n) is 4.73. The van der Waals surface area contributed by atoms with Crippen molar-refractivity contribution in [3.63, 3.8) is 0 Å². The molecular weight excluding hydrogens is 560 g/mol. The monoisotopic (exact) mass is 608 g/mol. The van der Waals surface area contributed by atoms with E-state index < -0.39 is 54.9 Å². The summed E-state index contributed by atoms with van der Waals surface area (Å²) in [7, 11) is -4.43. The maximum absolute atomic E-state index is 13.7. The molecule has 0 heterocycles. The molecule has 0 saturated carbocycles. The molecule has 2 aromatic rings. The molecule has 2 aromatic carbocycles. The van der Waals surface area contributed by atoms with E-state index in [9.17, 15) is 23.4 Å². The maximum Gasteiger partial charge on any atom is 0.404 e. The minimum Gasteiger partial charge on any atom is -0.497 e. The van der Waals surface area contributed by atoms with Crippen LogP contribution in [0, 0.1) is 10.8 Å². The lowest BCUT2D eigenvalue weighted by Gasteiger charge is -2.44. The van der Waals surface area contributed by atoms with E-state index >= 15 is 0 Å². The Balaban J connectivity index is 2.63. The van der Waals surface area contributed by atoms with Crippen molar-refractivity contribution in [2.45, 2.75) is 96.2 Å². The smallest absolute Gasteiger partial charge is 0.404 e. The maximum atomic E-state index is 13.7. The van der Waals surface area contributed by atoms with Crippen molar-refractivity contribution in [1.29, 1.82) is 0 Å². The molecule has 4 atom stereocenters. The zero-order valence-corrected chi connectivity index (χ0v) is 27.5. The molecule has 0 aromatic heterocycles. The standard InChI is InChI=1S/C30H48N2O7SSi/c1-29(2,3)18-19-30(4,5)27(39-41(7)8)25(32-40(36,37)23-16-14-22(38-6)15-17-23)26(33)24(31-28(34)35)20-21-12-10-9-11-13-21/h9-17,24-27,31-33,41H,18-20H2,1-8H3,(H,34,35)/t24-,25?,26+,27?/m0/s1. The molecular formula is C30H48N2O7SSi. The predicted molar refractivity (Wildman–Crippen MR) is 164 cm³/mol. The van der Waals surface area contributed by atoms with E-state index in [0.717, 1.165) is 12.0 Å². The van der Waals surface area contributed by atoms with Crippen molar-refractivity contribution in [3.8, 4) is 5.75 Å². The Bertz CT molecular complexity index is 1200. The second-order valence-corrected chi connectivity index (χ2v) is 16.8. The summed E-state index contributed by atoms with van der Waals surface area (Å²) < 4.78 is 41.9. The first-order valence-corrected chi connectivity index (χ1v) is 18.2. The number of sulfonamides is 1. The summed E-state index contributed by atoms with van der Waals surface area (Å²) in [6, 6.07) is 13.0. The number of aliphatic hydroxyl groups excluding tert-OH is 1. The number of nitrogens with one attached hydrogen (secondary N) is 2. The van der Waals surface area contributed by atoms with Gasteiger partial charge in [0.25, 0.3) is 0 Å². The molecule has 2 unspecified atom stereocenters. The molecule has 0 spiro atoms. The van der Waals surface area contributed by atoms with Crippen LogP contribution in [0.2, 0.25) is 13.1 Å². The Morgan fingerprint density at radius 2 is 1.56 bits per heavy atom. The molecule has 0 radical (unpaired) electrons. The van der Waals surface area contributed by atoms with Crippen LogP contribution < -0.4 is 14.8 Å². The van der Waals surface area contributed by atoms with Gasteiger partial charge in [0.15, 0.2) is 9.04 Å². The number of methoxy groups -OCH3 is 1. The number of ether oxygens (including phenoxy) is 1. The Morgan fingerprint density at radius 1 is 0.976 bits per heavy atom. The minimum absolute atomic E-state index is 0.00524. The average molecular weight is 609 g/mol. The van der Waals surface area contributed by atoms with E-state index in [2.05, 4.69) is 30.8 Å². The molecule has 0 bridgehead atoms. The first-order valence-electron chi connectivity index (χ1n) is 14.0. The summed E-state index contributed by atoms with van der Waals surface area (Å²) >= 11 is 0. The fourth-order valence-corrected chi connectivity index (χ4v) is 7.11. The van der Waals surface area contributed by atoms with Crippen molar-refractivity contribution < 1.29 is 32.6 Å². The van der Waals surface area contributed by atoms with Gasteiger partial charge in [-0.2, -0.15) is 0 Å². The third kappa shape index (κ3) is 11.0. The topological polar surface area (TPSA) is 134 Å². The summed E-state index contributed by atoms with van der Waals surface area (Å²) in [5, 5.41) is 24.0. The highest BCUT2D eigenvalue weighted by molar-refractivity contribution is 7.89. The fraction of sp³-hybridized carbons (Fsp3) is 0.567. The first kappa shape index (κ1) is 34.8. The van der Waals surface area contributed by atoms with Gasteiger partial charge in [0.05, 0.1) is 36.3 Å². The lowest BCUT2D eigenvalue weighted by Crippen LogP contribution is -2.63. The number of carbonyl (C=O) groups is 1. The van der Waals surface area contributed by atoms with Gasteiger partial charge in [0.1, 0.15) is 5.75 Å². The molecule has 41 heavy (non-hydrogen) atoms. The Morgan fingerprint density at radius 3 is 2.05 bits per heavy atom. The van der Waals surface area contributed by atoms with E-state index in [0.29, 0.717) is 12.2 Å². The molecule has 0 saturated heterocycles. The van der Waals surface area contributed by atoms with E-state index in [1.54, 1.807) is 12.1 Å². The number of hydrogen-bond donors (Lipinski definition) is 4. The normalized spacial score (nSPS) is 15.7. The Kier molecular flexibility index (Phi) is 12.4. The van der Waals surface area contributed by atoms with Crippen molar-refractivity contribution in [2.75, 3.05) is 7.11 Å². The Hall–Kier alpha value is -2.44. The van der Waals surface area contributed by atoms with Crippen LogP contribution >= 0.6 is 0 Å². The lowest BCUT2D eigenvalue weighted by atomic mass is 9.73. The molecule has 11 heteroatoms. The molecule has 230 valence electrons. The zero-order chi connectivity index (χ0) is 31.0. The molecule has 4 N–H and O–H groups in total. The van der Waals surface area contributed by atoms with Gasteiger partial charge in [-0.3, -0.25) is 0 Å². The van der Waals surface area contributed by atoms with Gasteiger partial charge in [-0.1, -0.05) is 65.0 Å². The van der Waals surface area contributed by atoms with E-state index in [1.165, 1.54) is 19.2 Å². The third-order valence-electron chi connectivity index (χ3n) is 7.08. The van der Waals surface area contributed by atoms with Gasteiger partial charge in [-0.15, -0.1) is 0 Å². The Labute approximate surface area is 247 Å². The molecule has 1 amide bonds. The minimum atomic E-state index is -4.15. The van der Waals surface area contributed by atoms with Gasteiger partial charge in [0.2, 0.25) is 10.0 Å². The number of benzene rings is 2. The molecule has 0 aliphatic rings. The van der Waals surface area contributed by atoms with Crippen LogP contribution in [-0.2, 0) is 20.9 Å². The molecule has 0 fully saturated rings. The molecule has 0 aliphatic carbocycles. The average Bonchev–Trinajstić information content (AvgIpc) is 2.88. The second kappa shape index (κ2) is 14.6. The van der Waals surface area contributed by atoms with Crippen molar-refractivity contribution in [2.24, 2.45) is 10.8 Å². The summed E-state index contributed by atoms with van der Waals surface area (Å²) in [5.74, 6) is 0.504. The highest BCUT2D eigenvalue weighted by Gasteiger charge is 2.45. The summed E-state index contributed by atoms with van der Waals surface area (Å²) in [6.07, 6.45) is -1.81. The van der Waals surface area contributed by atoms with E-state index in [1.807, 2.05) is 57.3 Å². The zero-order valence-electron chi connectivity index (χ0n) is 25.5. The first-order chi connectivity index (χ1) is 18.9. The number of amides is 1. The van der Waals surface area contributed by atoms with Gasteiger partial charge < -0.3 is 24.7 Å². The van der Waals surface area contributed by atoms with Crippen LogP contribution in [-0.4, -0.2) is 65.2 Å². The van der Waals surface area contributed by atoms with Crippen LogP contribution in [0.4, 0.5) is 4.79 Å². The lowest BCUT2D eigenvalue weighted by molar-refractivity contribution is -0.0231. The van der Waals surface area contributed by atoms with Crippen molar-refractivity contribution >= 4 is 25.2 Å². The number of aliphatic hydroxyl groups is 1. The summed E-state index contributed by atoms with van der Waals surface area (Å²) in [6.45, 7) is 14.4. The van der Waals surface area contributed by atoms with Crippen LogP contribution in [0.15, 0.2) is 59.5 Å². The third-order valence-corrected chi connectivity index (χ3v) is 9.40. The van der Waals surface area contributed by atoms with Crippen LogP contribution in [0.5, 0.6) is 5.75 Å². The highest BCUT2D eigenvalue weighted by Crippen LogP contribution is 2.37. The quantitative estimate of drug-likeness (QED) is 0.213. The summed E-state index contributed by atoms with van der Waals surface area (Å²) in [5.41, 5.74) is 0.248. The molecule has 9 nitrogen and oxygen atoms in total. The van der Waals surface area contributed by atoms with Gasteiger partial charge in [-0.25, -0.2) is 17.9 Å². The highest BCUT2D eigenvalue weighted by atomic mass is 32.2. The molecule has 2 rings (SSSR count). The number of carboxylic acid groups (broad SMARTS) is 1. The SMILES string of the molecule is COc1ccc(S(=O)(=O)NC(C(O[SiH](C)C)C(C)(C)CCC(C)(C)C)[C@H](O)[C@H](Cc2ccccc2)NC(=O)O)cc1. The van der Waals surface area contributed by atoms with Crippen LogP contribution in [0.25, 0.3) is 0 Å². The van der Waals surface area contributed by atoms with Gasteiger partial charge in [-0.05, 0) is 73.0 Å². The molecule has 0 aliphatic heterocycles. The van der Waals surface area contributed by atoms with E-state index in [-0.39, 0.29) is 16.7 Å². The van der Waals surface area contributed by atoms with Crippen molar-refractivity contribution in [3.05, 3.63) is 60.2 Å². The summed E-state index contributed by atoms with van der Waals surface area (Å²) in [4.78, 5) is 11.8.